The molecule has 0 bridgehead atoms. The van der Waals surface area contributed by atoms with E-state index in [2.05, 4.69) is 19.7 Å². The molecule has 0 radical (unpaired) electrons. The van der Waals surface area contributed by atoms with E-state index in [0.717, 1.165) is 6.26 Å². The van der Waals surface area contributed by atoms with E-state index in [-0.39, 0.29) is 10.5 Å². The third kappa shape index (κ3) is 5.80. The number of hydrogen-bond donors (Lipinski definition) is 3. The van der Waals surface area contributed by atoms with Crippen molar-refractivity contribution in [2.75, 3.05) is 21.0 Å². The van der Waals surface area contributed by atoms with Crippen LogP contribution in [0.3, 0.4) is 0 Å². The van der Waals surface area contributed by atoms with Gasteiger partial charge in [0.2, 0.25) is 10.0 Å². The number of aromatic nitrogens is 1. The van der Waals surface area contributed by atoms with E-state index in [1.165, 1.54) is 36.7 Å². The summed E-state index contributed by atoms with van der Waals surface area (Å²) in [6.45, 7) is 1.63. The SMILES string of the molecule is Cc1c(NS(C)(=O)=O)cccc1C(=O)Nc1ccc(S(=O)(=O)Nc2cccnc2)cc1. The molecule has 31 heavy (non-hydrogen) atoms. The van der Waals surface area contributed by atoms with Gasteiger partial charge in [0.1, 0.15) is 0 Å². The Balaban J connectivity index is 1.76. The molecule has 1 aromatic heterocycles. The molecule has 0 fully saturated rings. The van der Waals surface area contributed by atoms with E-state index in [1.807, 2.05) is 0 Å². The fourth-order valence-electron chi connectivity index (χ4n) is 2.74. The predicted molar refractivity (Wildman–Crippen MR) is 119 cm³/mol. The summed E-state index contributed by atoms with van der Waals surface area (Å²) < 4.78 is 52.7. The van der Waals surface area contributed by atoms with Crippen LogP contribution < -0.4 is 14.8 Å². The van der Waals surface area contributed by atoms with Crippen LogP contribution in [-0.4, -0.2) is 34.0 Å². The summed E-state index contributed by atoms with van der Waals surface area (Å²) in [4.78, 5) is 16.5. The van der Waals surface area contributed by atoms with Crippen molar-refractivity contribution in [3.63, 3.8) is 0 Å². The first-order chi connectivity index (χ1) is 14.5. The van der Waals surface area contributed by atoms with Crippen LogP contribution in [0.25, 0.3) is 0 Å². The number of carbonyl (C=O) groups excluding carboxylic acids is 1. The number of nitrogens with zero attached hydrogens (tertiary/aromatic N) is 1. The molecule has 0 aliphatic rings. The third-order valence-corrected chi connectivity index (χ3v) is 6.20. The molecule has 1 amide bonds. The maximum absolute atomic E-state index is 12.6. The van der Waals surface area contributed by atoms with Crippen molar-refractivity contribution in [2.45, 2.75) is 11.8 Å². The Morgan fingerprint density at radius 1 is 0.871 bits per heavy atom. The van der Waals surface area contributed by atoms with Gasteiger partial charge in [0.05, 0.1) is 28.7 Å². The van der Waals surface area contributed by atoms with E-state index >= 15 is 0 Å². The second-order valence-corrected chi connectivity index (χ2v) is 10.1. The number of hydrogen-bond acceptors (Lipinski definition) is 6. The molecule has 0 atom stereocenters. The Morgan fingerprint density at radius 3 is 2.19 bits per heavy atom. The minimum Gasteiger partial charge on any atom is -0.322 e. The fraction of sp³-hybridized carbons (Fsp3) is 0.100. The molecule has 9 nitrogen and oxygen atoms in total. The maximum Gasteiger partial charge on any atom is 0.261 e. The molecule has 1 heterocycles. The molecule has 0 aliphatic carbocycles. The van der Waals surface area contributed by atoms with Gasteiger partial charge >= 0.3 is 0 Å². The Hall–Kier alpha value is -3.44. The zero-order valence-corrected chi connectivity index (χ0v) is 18.3. The van der Waals surface area contributed by atoms with Gasteiger partial charge in [-0.3, -0.25) is 19.2 Å². The summed E-state index contributed by atoms with van der Waals surface area (Å²) in [6.07, 6.45) is 3.95. The lowest BCUT2D eigenvalue weighted by atomic mass is 10.1. The van der Waals surface area contributed by atoms with Crippen molar-refractivity contribution in [3.05, 3.63) is 78.1 Å². The smallest absolute Gasteiger partial charge is 0.261 e. The van der Waals surface area contributed by atoms with Gasteiger partial charge in [-0.25, -0.2) is 16.8 Å². The van der Waals surface area contributed by atoms with E-state index in [9.17, 15) is 21.6 Å². The van der Waals surface area contributed by atoms with Crippen molar-refractivity contribution in [2.24, 2.45) is 0 Å². The van der Waals surface area contributed by atoms with E-state index < -0.39 is 26.0 Å². The number of carbonyl (C=O) groups is 1. The van der Waals surface area contributed by atoms with E-state index in [0.29, 0.717) is 22.6 Å². The van der Waals surface area contributed by atoms with Crippen LogP contribution in [0, 0.1) is 6.92 Å². The molecule has 0 unspecified atom stereocenters. The van der Waals surface area contributed by atoms with Crippen LogP contribution in [0.5, 0.6) is 0 Å². The van der Waals surface area contributed by atoms with E-state index in [4.69, 9.17) is 0 Å². The highest BCUT2D eigenvalue weighted by molar-refractivity contribution is 7.92. The third-order valence-electron chi connectivity index (χ3n) is 4.21. The first kappa shape index (κ1) is 22.2. The van der Waals surface area contributed by atoms with Crippen LogP contribution in [0.15, 0.2) is 71.9 Å². The first-order valence-electron chi connectivity index (χ1n) is 8.97. The minimum absolute atomic E-state index is 0.0184. The Labute approximate surface area is 180 Å². The Bertz CT molecular complexity index is 1310. The van der Waals surface area contributed by atoms with Gasteiger partial charge < -0.3 is 5.32 Å². The standard InChI is InChI=1S/C20H20N4O5S2/c1-14-18(6-3-7-19(14)24-30(2,26)27)20(25)22-15-8-10-17(11-9-15)31(28,29)23-16-5-4-12-21-13-16/h3-13,23-24H,1-2H3,(H,22,25). The molecule has 2 aromatic carbocycles. The average molecular weight is 461 g/mol. The van der Waals surface area contributed by atoms with Gasteiger partial charge in [-0.2, -0.15) is 0 Å². The second-order valence-electron chi connectivity index (χ2n) is 6.68. The maximum atomic E-state index is 12.6. The van der Waals surface area contributed by atoms with E-state index in [1.54, 1.807) is 37.3 Å². The lowest BCUT2D eigenvalue weighted by Gasteiger charge is -2.13. The molecule has 3 N–H and O–H groups in total. The monoisotopic (exact) mass is 460 g/mol. The zero-order valence-electron chi connectivity index (χ0n) is 16.7. The minimum atomic E-state index is -3.81. The quantitative estimate of drug-likeness (QED) is 0.496. The molecule has 3 aromatic rings. The van der Waals surface area contributed by atoms with Crippen molar-refractivity contribution >= 4 is 43.0 Å². The first-order valence-corrected chi connectivity index (χ1v) is 12.3. The van der Waals surface area contributed by atoms with Gasteiger partial charge in [0.15, 0.2) is 0 Å². The fourth-order valence-corrected chi connectivity index (χ4v) is 4.41. The molecule has 162 valence electrons. The topological polar surface area (TPSA) is 134 Å². The van der Waals surface area contributed by atoms with Gasteiger partial charge in [-0.1, -0.05) is 6.07 Å². The molecule has 3 rings (SSSR count). The van der Waals surface area contributed by atoms with Gasteiger partial charge in [-0.15, -0.1) is 0 Å². The van der Waals surface area contributed by atoms with Crippen LogP contribution >= 0.6 is 0 Å². The van der Waals surface area contributed by atoms with Crippen molar-refractivity contribution in [1.82, 2.24) is 4.98 Å². The number of pyridine rings is 1. The van der Waals surface area contributed by atoms with Gasteiger partial charge in [0.25, 0.3) is 15.9 Å². The van der Waals surface area contributed by atoms with Crippen LogP contribution in [-0.2, 0) is 20.0 Å². The normalized spacial score (nSPS) is 11.5. The highest BCUT2D eigenvalue weighted by Crippen LogP contribution is 2.22. The molecular weight excluding hydrogens is 440 g/mol. The highest BCUT2D eigenvalue weighted by atomic mass is 32.2. The van der Waals surface area contributed by atoms with Gasteiger partial charge in [0, 0.05) is 17.4 Å². The summed E-state index contributed by atoms with van der Waals surface area (Å²) in [6, 6.07) is 13.5. The second kappa shape index (κ2) is 8.74. The molecule has 0 spiro atoms. The molecule has 11 heteroatoms. The van der Waals surface area contributed by atoms with Crippen molar-refractivity contribution in [1.29, 1.82) is 0 Å². The number of amides is 1. The van der Waals surface area contributed by atoms with Crippen molar-refractivity contribution in [3.8, 4) is 0 Å². The zero-order chi connectivity index (χ0) is 22.6. The summed E-state index contributed by atoms with van der Waals surface area (Å²) in [5, 5.41) is 2.68. The Morgan fingerprint density at radius 2 is 1.58 bits per heavy atom. The number of rotatable bonds is 7. The number of anilines is 3. The molecule has 0 saturated carbocycles. The van der Waals surface area contributed by atoms with Gasteiger partial charge in [-0.05, 0) is 61.0 Å². The summed E-state index contributed by atoms with van der Waals surface area (Å²) >= 11 is 0. The largest absolute Gasteiger partial charge is 0.322 e. The lowest BCUT2D eigenvalue weighted by molar-refractivity contribution is 0.102. The van der Waals surface area contributed by atoms with Crippen molar-refractivity contribution < 1.29 is 21.6 Å². The summed E-state index contributed by atoms with van der Waals surface area (Å²) in [5.74, 6) is -0.459. The summed E-state index contributed by atoms with van der Waals surface area (Å²) in [7, 11) is -7.30. The van der Waals surface area contributed by atoms with Crippen LogP contribution in [0.4, 0.5) is 17.1 Å². The summed E-state index contributed by atoms with van der Waals surface area (Å²) in [5.41, 5.74) is 1.76. The highest BCUT2D eigenvalue weighted by Gasteiger charge is 2.16. The number of benzene rings is 2. The van der Waals surface area contributed by atoms with Crippen LogP contribution in [0.2, 0.25) is 0 Å². The average Bonchev–Trinajstić information content (AvgIpc) is 2.69. The Kier molecular flexibility index (Phi) is 6.27. The molecule has 0 saturated heterocycles. The molecule has 0 aliphatic heterocycles. The number of nitrogens with one attached hydrogen (secondary N) is 3. The predicted octanol–water partition coefficient (Wildman–Crippen LogP) is 2.81. The number of sulfonamides is 2. The lowest BCUT2D eigenvalue weighted by Crippen LogP contribution is -2.16. The van der Waals surface area contributed by atoms with Crippen LogP contribution in [0.1, 0.15) is 15.9 Å². The molecular formula is C20H20N4O5S2.